The average molecular weight is 639 g/mol. The standard InChI is InChI=1S/C29H35ClN2O8S2/c1-38-27-3-2-13-41(34,35)14-11-29(33)31-42(36,37)24-7-9-28-26(16-24)32(17-21-5-8-25(21)27)19-39-12-10-20-15-23(30)6-4-22(20)18-40-28/h2-4,6-7,9,15-16,21,25,27H,5,8,10-14,17-19H2,1H3,(H,31,33)/b3-2+/t21-,25+,27?/m0/s1. The average Bonchev–Trinajstić information content (AvgIpc) is 2.96. The molecule has 42 heavy (non-hydrogen) atoms. The molecular weight excluding hydrogens is 604 g/mol. The lowest BCUT2D eigenvalue weighted by atomic mass is 9.70. The van der Waals surface area contributed by atoms with Gasteiger partial charge in [0.25, 0.3) is 10.0 Å². The fourth-order valence-corrected chi connectivity index (χ4v) is 7.89. The van der Waals surface area contributed by atoms with Crippen molar-refractivity contribution in [1.29, 1.82) is 0 Å². The van der Waals surface area contributed by atoms with Gasteiger partial charge in [0.2, 0.25) is 5.91 Å². The van der Waals surface area contributed by atoms with Crippen LogP contribution in [0.3, 0.4) is 0 Å². The second-order valence-electron chi connectivity index (χ2n) is 10.9. The maximum Gasteiger partial charge on any atom is 0.264 e. The first-order chi connectivity index (χ1) is 20.0. The van der Waals surface area contributed by atoms with Crippen LogP contribution in [0.1, 0.15) is 30.4 Å². The molecule has 0 saturated heterocycles. The van der Waals surface area contributed by atoms with Crippen LogP contribution in [-0.4, -0.2) is 67.3 Å². The molecule has 3 atom stereocenters. The van der Waals surface area contributed by atoms with Crippen molar-refractivity contribution in [3.8, 4) is 5.75 Å². The summed E-state index contributed by atoms with van der Waals surface area (Å²) >= 11 is 6.25. The van der Waals surface area contributed by atoms with Crippen molar-refractivity contribution in [2.75, 3.05) is 43.4 Å². The zero-order valence-corrected chi connectivity index (χ0v) is 25.7. The van der Waals surface area contributed by atoms with Crippen LogP contribution in [0.2, 0.25) is 5.02 Å². The Morgan fingerprint density at radius 3 is 2.64 bits per heavy atom. The fourth-order valence-electron chi connectivity index (χ4n) is 5.60. The highest BCUT2D eigenvalue weighted by Crippen LogP contribution is 2.41. The van der Waals surface area contributed by atoms with Gasteiger partial charge in [-0.15, -0.1) is 0 Å². The molecule has 2 heterocycles. The zero-order chi connectivity index (χ0) is 29.9. The summed E-state index contributed by atoms with van der Waals surface area (Å²) in [6.07, 6.45) is 5.01. The van der Waals surface area contributed by atoms with Gasteiger partial charge in [0, 0.05) is 25.1 Å². The maximum atomic E-state index is 13.2. The lowest BCUT2D eigenvalue weighted by Gasteiger charge is -2.43. The van der Waals surface area contributed by atoms with E-state index in [0.717, 1.165) is 24.0 Å². The molecule has 1 unspecified atom stereocenters. The molecule has 10 nitrogen and oxygen atoms in total. The number of anilines is 1. The van der Waals surface area contributed by atoms with E-state index in [4.69, 9.17) is 25.8 Å². The Kier molecular flexibility index (Phi) is 9.48. The molecule has 228 valence electrons. The first-order valence-corrected chi connectivity index (χ1v) is 17.6. The molecule has 2 bridgehead atoms. The normalized spacial score (nSPS) is 27.0. The number of amides is 1. The van der Waals surface area contributed by atoms with Crippen molar-refractivity contribution in [1.82, 2.24) is 4.72 Å². The number of sulfonamides is 1. The van der Waals surface area contributed by atoms with E-state index >= 15 is 0 Å². The van der Waals surface area contributed by atoms with Gasteiger partial charge in [0.15, 0.2) is 9.84 Å². The van der Waals surface area contributed by atoms with Gasteiger partial charge < -0.3 is 19.1 Å². The molecule has 13 heteroatoms. The van der Waals surface area contributed by atoms with Crippen LogP contribution in [-0.2, 0) is 47.2 Å². The first kappa shape index (κ1) is 30.8. The molecule has 1 saturated carbocycles. The molecule has 2 aliphatic heterocycles. The van der Waals surface area contributed by atoms with E-state index in [1.807, 2.05) is 21.8 Å². The van der Waals surface area contributed by atoms with Crippen molar-refractivity contribution in [3.05, 3.63) is 64.7 Å². The number of sulfone groups is 1. The number of rotatable bonds is 1. The Balaban J connectivity index is 1.54. The first-order valence-electron chi connectivity index (χ1n) is 13.9. The minimum Gasteiger partial charge on any atom is -0.487 e. The smallest absolute Gasteiger partial charge is 0.264 e. The summed E-state index contributed by atoms with van der Waals surface area (Å²) in [4.78, 5) is 14.4. The van der Waals surface area contributed by atoms with Crippen molar-refractivity contribution < 1.29 is 35.8 Å². The fraction of sp³-hybridized carbons (Fsp3) is 0.483. The molecule has 2 aromatic carbocycles. The van der Waals surface area contributed by atoms with Gasteiger partial charge in [-0.1, -0.05) is 29.8 Å². The van der Waals surface area contributed by atoms with Gasteiger partial charge in [0.05, 0.1) is 34.8 Å². The highest BCUT2D eigenvalue weighted by atomic mass is 35.5. The number of hydrogen-bond acceptors (Lipinski definition) is 9. The van der Waals surface area contributed by atoms with Crippen LogP contribution in [0, 0.1) is 11.8 Å². The predicted octanol–water partition coefficient (Wildman–Crippen LogP) is 3.48. The van der Waals surface area contributed by atoms with Gasteiger partial charge in [0.1, 0.15) is 19.1 Å². The van der Waals surface area contributed by atoms with Crippen molar-refractivity contribution in [3.63, 3.8) is 0 Å². The third-order valence-corrected chi connectivity index (χ3v) is 11.2. The highest BCUT2D eigenvalue weighted by molar-refractivity contribution is 7.91. The van der Waals surface area contributed by atoms with E-state index in [1.54, 1.807) is 31.4 Å². The number of benzene rings is 2. The largest absolute Gasteiger partial charge is 0.487 e. The lowest BCUT2D eigenvalue weighted by Crippen LogP contribution is -2.44. The number of ether oxygens (including phenoxy) is 3. The minimum atomic E-state index is -4.29. The summed E-state index contributed by atoms with van der Waals surface area (Å²) < 4.78 is 71.7. The number of nitrogens with zero attached hydrogens (tertiary/aromatic N) is 1. The summed E-state index contributed by atoms with van der Waals surface area (Å²) in [5, 5.41) is 0.623. The molecule has 0 spiro atoms. The number of hydrogen-bond donors (Lipinski definition) is 1. The van der Waals surface area contributed by atoms with Crippen molar-refractivity contribution in [2.24, 2.45) is 11.8 Å². The van der Waals surface area contributed by atoms with Crippen LogP contribution in [0.4, 0.5) is 5.69 Å². The minimum absolute atomic E-state index is 0.133. The summed E-state index contributed by atoms with van der Waals surface area (Å²) in [6, 6.07) is 10.0. The van der Waals surface area contributed by atoms with E-state index in [0.29, 0.717) is 36.0 Å². The van der Waals surface area contributed by atoms with E-state index in [9.17, 15) is 21.6 Å². The van der Waals surface area contributed by atoms with Gasteiger partial charge in [-0.2, -0.15) is 0 Å². The van der Waals surface area contributed by atoms with Crippen molar-refractivity contribution >= 4 is 43.1 Å². The number of carbonyl (C=O) groups excluding carboxylic acids is 1. The Morgan fingerprint density at radius 1 is 1.05 bits per heavy atom. The molecule has 1 aliphatic carbocycles. The van der Waals surface area contributed by atoms with E-state index in [-0.39, 0.29) is 41.9 Å². The second-order valence-corrected chi connectivity index (χ2v) is 15.2. The van der Waals surface area contributed by atoms with Crippen LogP contribution in [0.25, 0.3) is 0 Å². The maximum absolute atomic E-state index is 13.2. The number of halogens is 1. The quantitative estimate of drug-likeness (QED) is 0.467. The molecule has 3 aliphatic rings. The van der Waals surface area contributed by atoms with Gasteiger partial charge >= 0.3 is 0 Å². The van der Waals surface area contributed by atoms with Crippen LogP contribution >= 0.6 is 11.6 Å². The Hall–Kier alpha value is -2.64. The van der Waals surface area contributed by atoms with Gasteiger partial charge in [-0.05, 0) is 72.6 Å². The monoisotopic (exact) mass is 638 g/mol. The van der Waals surface area contributed by atoms with E-state index in [2.05, 4.69) is 0 Å². The van der Waals surface area contributed by atoms with Gasteiger partial charge in [-0.25, -0.2) is 21.6 Å². The molecule has 0 aromatic heterocycles. The van der Waals surface area contributed by atoms with Crippen LogP contribution in [0.5, 0.6) is 5.75 Å². The molecule has 1 N–H and O–H groups in total. The topological polar surface area (TPSA) is 128 Å². The molecule has 1 fully saturated rings. The Morgan fingerprint density at radius 2 is 1.88 bits per heavy atom. The highest BCUT2D eigenvalue weighted by Gasteiger charge is 2.38. The van der Waals surface area contributed by atoms with Crippen LogP contribution < -0.4 is 14.4 Å². The summed E-state index contributed by atoms with van der Waals surface area (Å²) in [6.45, 7) is 1.37. The molecule has 0 radical (unpaired) electrons. The zero-order valence-electron chi connectivity index (χ0n) is 23.3. The van der Waals surface area contributed by atoms with Crippen molar-refractivity contribution in [2.45, 2.75) is 43.3 Å². The Labute approximate surface area is 251 Å². The molecule has 1 amide bonds. The number of nitrogens with one attached hydrogen (secondary N) is 1. The molecule has 5 rings (SSSR count). The Bertz CT molecular complexity index is 1560. The number of fused-ring (bicyclic) bond motifs is 3. The third kappa shape index (κ3) is 7.28. The second kappa shape index (κ2) is 12.9. The van der Waals surface area contributed by atoms with Gasteiger partial charge in [-0.3, -0.25) is 4.79 Å². The third-order valence-electron chi connectivity index (χ3n) is 8.09. The number of carbonyl (C=O) groups is 1. The number of methoxy groups -OCH3 is 1. The molecule has 2 aromatic rings. The molecular formula is C29H35ClN2O8S2. The lowest BCUT2D eigenvalue weighted by molar-refractivity contribution is -0.118. The summed E-state index contributed by atoms with van der Waals surface area (Å²) in [5.74, 6) is -0.867. The van der Waals surface area contributed by atoms with E-state index < -0.39 is 37.9 Å². The summed E-state index contributed by atoms with van der Waals surface area (Å²) in [5.41, 5.74) is 2.47. The SMILES string of the molecule is COC1/C=C/CS(=O)(=O)CCC(=O)NS(=O)(=O)c2ccc3c(c2)N(COCCc2cc(Cl)ccc2CO3)C[C@@H]2CC[C@@H]12. The predicted molar refractivity (Wildman–Crippen MR) is 159 cm³/mol. The van der Waals surface area contributed by atoms with Crippen LogP contribution in [0.15, 0.2) is 53.4 Å². The van der Waals surface area contributed by atoms with E-state index in [1.165, 1.54) is 12.1 Å². The summed E-state index contributed by atoms with van der Waals surface area (Å²) in [7, 11) is -6.31.